The molecule has 0 radical (unpaired) electrons. The number of nitrogens with two attached hydrogens (primary N) is 1. The number of hydrogen-bond donors (Lipinski definition) is 1. The maximum Gasteiger partial charge on any atom is 2.00 e. The van der Waals surface area contributed by atoms with Gasteiger partial charge < -0.3 is 15.3 Å². The van der Waals surface area contributed by atoms with E-state index in [0.717, 1.165) is 0 Å². The molecule has 0 aromatic heterocycles. The van der Waals surface area contributed by atoms with E-state index in [1.54, 1.807) is 0 Å². The standard InChI is InChI=1S/C4H5N.Ca.HO3P.H2O/c1-2-4-5-3-1;;1-4(2)3;/h1-5H;;(H,1,2,3);1H2/q;+2;;/p-1. The van der Waals surface area contributed by atoms with E-state index < -0.39 is 8.25 Å². The van der Waals surface area contributed by atoms with Gasteiger partial charge in [0.15, 0.2) is 0 Å². The van der Waals surface area contributed by atoms with Gasteiger partial charge in [-0.2, -0.15) is 0 Å². The number of allylic oxidation sites excluding steroid dienone is 2. The predicted octanol–water partition coefficient (Wildman–Crippen LogP) is -2.60. The van der Waals surface area contributed by atoms with Crippen LogP contribution in [0, 0.1) is 0 Å². The van der Waals surface area contributed by atoms with Crippen molar-refractivity contribution in [2.45, 2.75) is 0 Å². The van der Waals surface area contributed by atoms with Crippen LogP contribution in [-0.2, 0) is 4.57 Å². The van der Waals surface area contributed by atoms with Crippen LogP contribution in [0.15, 0.2) is 24.6 Å². The summed E-state index contributed by atoms with van der Waals surface area (Å²) in [5.74, 6) is 0. The van der Waals surface area contributed by atoms with Crippen LogP contribution in [0.25, 0.3) is 0 Å². The molecule has 0 fully saturated rings. The van der Waals surface area contributed by atoms with Crippen LogP contribution in [0.3, 0.4) is 0 Å². The zero-order valence-electron chi connectivity index (χ0n) is 5.71. The van der Waals surface area contributed by atoms with Gasteiger partial charge in [0.2, 0.25) is 0 Å². The van der Waals surface area contributed by atoms with Crippen molar-refractivity contribution in [1.82, 2.24) is 0 Å². The monoisotopic (exact) mass is 204 g/mol. The third-order valence-electron chi connectivity index (χ3n) is 0.556. The summed E-state index contributed by atoms with van der Waals surface area (Å²) in [4.78, 5) is 17.0. The van der Waals surface area contributed by atoms with Crippen LogP contribution in [0.4, 0.5) is 0 Å². The Morgan fingerprint density at radius 1 is 1.18 bits per heavy atom. The first-order valence-corrected chi connectivity index (χ1v) is 3.31. The first-order chi connectivity index (χ1) is 4.23. The Labute approximate surface area is 95.1 Å². The van der Waals surface area contributed by atoms with E-state index in [0.29, 0.717) is 0 Å². The van der Waals surface area contributed by atoms with E-state index in [1.807, 2.05) is 29.9 Å². The number of rotatable bonds is 0. The fourth-order valence-electron chi connectivity index (χ4n) is 0.321. The quantitative estimate of drug-likeness (QED) is 0.344. The normalized spacial score (nSPS) is 10.4. The molecule has 1 aliphatic heterocycles. The zero-order valence-corrected chi connectivity index (χ0v) is 8.82. The van der Waals surface area contributed by atoms with Crippen LogP contribution < -0.4 is 15.1 Å². The summed E-state index contributed by atoms with van der Waals surface area (Å²) in [6.45, 7) is 0. The molecule has 0 spiro atoms. The maximum absolute atomic E-state index is 8.48. The maximum atomic E-state index is 8.48. The topological polar surface area (TPSA) is 110 Å². The second-order valence-electron chi connectivity index (χ2n) is 1.19. The number of quaternary nitrogens is 1. The molecule has 0 unspecified atom stereocenters. The molecule has 11 heavy (non-hydrogen) atoms. The summed E-state index contributed by atoms with van der Waals surface area (Å²) in [5, 5.41) is 2.00. The molecular formula is C4H7CaNO4P+. The van der Waals surface area contributed by atoms with E-state index in [2.05, 4.69) is 0 Å². The summed E-state index contributed by atoms with van der Waals surface area (Å²) < 4.78 is 8.48. The molecule has 0 amide bonds. The van der Waals surface area contributed by atoms with Crippen molar-refractivity contribution < 1.29 is 25.1 Å². The smallest absolute Gasteiger partial charge is 0.870 e. The van der Waals surface area contributed by atoms with Gasteiger partial charge in [0.1, 0.15) is 0 Å². The molecule has 7 heteroatoms. The first-order valence-electron chi connectivity index (χ1n) is 2.21. The molecule has 1 heterocycles. The summed E-state index contributed by atoms with van der Waals surface area (Å²) >= 11 is 0. The molecule has 58 valence electrons. The molecule has 0 aromatic rings. The molecule has 0 saturated carbocycles. The van der Waals surface area contributed by atoms with Crippen molar-refractivity contribution in [1.29, 1.82) is 0 Å². The van der Waals surface area contributed by atoms with E-state index in [-0.39, 0.29) is 43.2 Å². The molecule has 1 aliphatic rings. The van der Waals surface area contributed by atoms with Crippen LogP contribution in [0.5, 0.6) is 0 Å². The van der Waals surface area contributed by atoms with Gasteiger partial charge in [-0.15, -0.1) is 0 Å². The van der Waals surface area contributed by atoms with Crippen molar-refractivity contribution in [2.75, 3.05) is 0 Å². The van der Waals surface area contributed by atoms with Crippen molar-refractivity contribution in [3.63, 3.8) is 0 Å². The molecule has 0 bridgehead atoms. The van der Waals surface area contributed by atoms with Gasteiger partial charge in [0.25, 0.3) is 8.25 Å². The van der Waals surface area contributed by atoms with Crippen LogP contribution >= 0.6 is 8.25 Å². The van der Waals surface area contributed by atoms with Gasteiger partial charge in [-0.3, -0.25) is 5.32 Å². The summed E-state index contributed by atoms with van der Waals surface area (Å²) in [7, 11) is -3.37. The fourth-order valence-corrected chi connectivity index (χ4v) is 0.321. The van der Waals surface area contributed by atoms with Gasteiger partial charge in [-0.05, 0) is 12.2 Å². The van der Waals surface area contributed by atoms with Gasteiger partial charge in [0.05, 0.1) is 12.4 Å². The summed E-state index contributed by atoms with van der Waals surface area (Å²) in [6.07, 6.45) is 8.00. The van der Waals surface area contributed by atoms with E-state index in [4.69, 9.17) is 14.4 Å². The van der Waals surface area contributed by atoms with Crippen LogP contribution in [-0.4, -0.2) is 43.2 Å². The zero-order chi connectivity index (χ0) is 7.11. The van der Waals surface area contributed by atoms with Gasteiger partial charge >= 0.3 is 37.7 Å². The van der Waals surface area contributed by atoms with E-state index in [1.165, 1.54) is 0 Å². The Morgan fingerprint density at radius 2 is 1.45 bits per heavy atom. The minimum absolute atomic E-state index is 0. The molecule has 0 aromatic carbocycles. The van der Waals surface area contributed by atoms with Gasteiger partial charge in [0, 0.05) is 0 Å². The van der Waals surface area contributed by atoms with Crippen molar-refractivity contribution in [3.05, 3.63) is 24.6 Å². The third kappa shape index (κ3) is 24.9. The fraction of sp³-hybridized carbons (Fsp3) is 0. The minimum atomic E-state index is -3.37. The molecule has 0 atom stereocenters. The summed E-state index contributed by atoms with van der Waals surface area (Å²) in [5.41, 5.74) is 0. The second-order valence-corrected chi connectivity index (χ2v) is 1.63. The molecule has 1 rings (SSSR count). The van der Waals surface area contributed by atoms with Gasteiger partial charge in [-0.25, -0.2) is 0 Å². The van der Waals surface area contributed by atoms with Crippen LogP contribution in [0.2, 0.25) is 0 Å². The Morgan fingerprint density at radius 3 is 1.55 bits per heavy atom. The average molecular weight is 204 g/mol. The van der Waals surface area contributed by atoms with Gasteiger partial charge in [-0.1, -0.05) is 4.57 Å². The largest absolute Gasteiger partial charge is 2.00 e. The molecular weight excluding hydrogens is 197 g/mol. The first kappa shape index (κ1) is 17.7. The predicted molar refractivity (Wildman–Crippen MR) is 35.5 cm³/mol. The molecule has 3 N–H and O–H groups in total. The minimum Gasteiger partial charge on any atom is -0.870 e. The number of hydrogen-bond acceptors (Lipinski definition) is 4. The van der Waals surface area contributed by atoms with Crippen molar-refractivity contribution in [2.24, 2.45) is 0 Å². The van der Waals surface area contributed by atoms with E-state index in [9.17, 15) is 0 Å². The Bertz CT molecular complexity index is 135. The Kier molecular flexibility index (Phi) is 21.4. The SMILES string of the molecule is C1=C[NH2+]C=C1.O=[P+]([O-])[O-].[Ca+2].[OH-]. The molecule has 0 aliphatic carbocycles. The third-order valence-corrected chi connectivity index (χ3v) is 0.556. The molecule has 0 saturated heterocycles. The Balaban J connectivity index is -0.000000101. The van der Waals surface area contributed by atoms with Crippen LogP contribution in [0.1, 0.15) is 0 Å². The molecule has 5 nitrogen and oxygen atoms in total. The van der Waals surface area contributed by atoms with E-state index >= 15 is 0 Å². The second kappa shape index (κ2) is 13.3. The Hall–Kier alpha value is 0.680. The summed E-state index contributed by atoms with van der Waals surface area (Å²) in [6, 6.07) is 0. The van der Waals surface area contributed by atoms with Crippen molar-refractivity contribution in [3.8, 4) is 0 Å². The van der Waals surface area contributed by atoms with Crippen molar-refractivity contribution >= 4 is 46.0 Å². The average Bonchev–Trinajstić information content (AvgIpc) is 2.11.